The van der Waals surface area contributed by atoms with Crippen LogP contribution >= 0.6 is 23.2 Å². The minimum atomic E-state index is -1.75. The van der Waals surface area contributed by atoms with Gasteiger partial charge in [-0.3, -0.25) is 4.98 Å². The topological polar surface area (TPSA) is 192 Å². The van der Waals surface area contributed by atoms with Crippen LogP contribution < -0.4 is 18.9 Å². The van der Waals surface area contributed by atoms with Crippen LogP contribution in [0.15, 0.2) is 67.1 Å². The molecule has 1 saturated heterocycles. The van der Waals surface area contributed by atoms with E-state index >= 15 is 0 Å². The molecule has 17 nitrogen and oxygen atoms in total. The molecule has 0 amide bonds. The summed E-state index contributed by atoms with van der Waals surface area (Å²) in [7, 11) is 8.55. The molecule has 2 fully saturated rings. The molecule has 0 bridgehead atoms. The Morgan fingerprint density at radius 3 is 1.90 bits per heavy atom. The molecule has 19 heteroatoms. The monoisotopic (exact) mass is 988 g/mol. The molecule has 1 saturated carbocycles. The zero-order chi connectivity index (χ0) is 49.3. The van der Waals surface area contributed by atoms with E-state index in [1.54, 1.807) is 36.4 Å². The Bertz CT molecular complexity index is 3310. The minimum absolute atomic E-state index is 0.153. The molecule has 70 heavy (non-hydrogen) atoms. The molecule has 6 aromatic heterocycles. The second-order valence-corrected chi connectivity index (χ2v) is 19.6. The lowest BCUT2D eigenvalue weighted by atomic mass is 9.82. The van der Waals surface area contributed by atoms with E-state index in [0.717, 1.165) is 18.5 Å². The Kier molecular flexibility index (Phi) is 12.2. The fourth-order valence-electron chi connectivity index (χ4n) is 9.33. The number of methoxy groups -OCH3 is 2. The molecule has 10 rings (SSSR count). The molecule has 1 aliphatic carbocycles. The Morgan fingerprint density at radius 2 is 1.36 bits per heavy atom. The third kappa shape index (κ3) is 8.06. The number of hydrogen-bond acceptors (Lipinski definition) is 14. The van der Waals surface area contributed by atoms with Crippen molar-refractivity contribution in [3.8, 4) is 23.3 Å². The van der Waals surface area contributed by atoms with Gasteiger partial charge in [0.25, 0.3) is 11.8 Å². The first-order valence-corrected chi connectivity index (χ1v) is 23.8. The first-order valence-electron chi connectivity index (χ1n) is 23.0. The summed E-state index contributed by atoms with van der Waals surface area (Å²) in [6.45, 7) is 7.87. The number of ether oxygens (including phenoxy) is 5. The SMILES string of the molecule is COc1nc2ccc(C(O)(c3ccc(CCc4ncc(C(O)(c5ccc6nc(OC)c(OCC7(C)COC7)c(Cl)c6c5)c5cnc(C)n5C)n4C)nc3C)c3cnnn3C)cc2c(Cl)c1OCC1CC1. The van der Waals surface area contributed by atoms with Gasteiger partial charge in [0, 0.05) is 60.7 Å². The molecule has 0 radical (unpaired) electrons. The maximum absolute atomic E-state index is 13.2. The van der Waals surface area contributed by atoms with Gasteiger partial charge in [-0.05, 0) is 80.5 Å². The maximum Gasteiger partial charge on any atom is 0.258 e. The number of hydrogen-bond donors (Lipinski definition) is 2. The van der Waals surface area contributed by atoms with Gasteiger partial charge in [0.1, 0.15) is 11.6 Å². The number of aliphatic hydroxyl groups is 2. The van der Waals surface area contributed by atoms with Crippen LogP contribution in [0.1, 0.15) is 76.6 Å². The van der Waals surface area contributed by atoms with Gasteiger partial charge in [-0.25, -0.2) is 24.6 Å². The largest absolute Gasteiger partial charge is 0.486 e. The molecule has 2 aliphatic rings. The van der Waals surface area contributed by atoms with Gasteiger partial charge < -0.3 is 43.0 Å². The molecular weight excluding hydrogens is 936 g/mol. The van der Waals surface area contributed by atoms with Crippen LogP contribution in [0.5, 0.6) is 23.3 Å². The summed E-state index contributed by atoms with van der Waals surface area (Å²) in [5, 5.41) is 36.4. The quantitative estimate of drug-likeness (QED) is 0.0926. The highest BCUT2D eigenvalue weighted by atomic mass is 35.5. The number of halogens is 2. The highest BCUT2D eigenvalue weighted by Crippen LogP contribution is 2.46. The van der Waals surface area contributed by atoms with Gasteiger partial charge in [-0.15, -0.1) is 5.10 Å². The van der Waals surface area contributed by atoms with Crippen LogP contribution in [-0.2, 0) is 49.9 Å². The first kappa shape index (κ1) is 47.3. The van der Waals surface area contributed by atoms with Crippen molar-refractivity contribution in [3.05, 3.63) is 134 Å². The average Bonchev–Trinajstić information content (AvgIpc) is 3.80. The highest BCUT2D eigenvalue weighted by molar-refractivity contribution is 6.37. The summed E-state index contributed by atoms with van der Waals surface area (Å²) < 4.78 is 34.4. The normalized spacial score (nSPS) is 16.2. The third-order valence-corrected chi connectivity index (χ3v) is 14.6. The molecular formula is C51H54Cl2N10O7. The van der Waals surface area contributed by atoms with Gasteiger partial charge in [0.15, 0.2) is 11.2 Å². The van der Waals surface area contributed by atoms with E-state index in [1.165, 1.54) is 14.2 Å². The van der Waals surface area contributed by atoms with E-state index in [9.17, 15) is 10.2 Å². The Hall–Kier alpha value is -6.37. The predicted octanol–water partition coefficient (Wildman–Crippen LogP) is 7.27. The van der Waals surface area contributed by atoms with E-state index in [1.807, 2.05) is 79.5 Å². The Balaban J connectivity index is 0.969. The number of pyridine rings is 3. The molecule has 2 atom stereocenters. The van der Waals surface area contributed by atoms with Crippen molar-refractivity contribution < 1.29 is 33.9 Å². The van der Waals surface area contributed by atoms with Gasteiger partial charge in [0.05, 0.1) is 97.4 Å². The van der Waals surface area contributed by atoms with Gasteiger partial charge in [0.2, 0.25) is 11.5 Å². The first-order chi connectivity index (χ1) is 33.6. The third-order valence-electron chi connectivity index (χ3n) is 13.8. The predicted molar refractivity (Wildman–Crippen MR) is 262 cm³/mol. The molecule has 2 aromatic carbocycles. The van der Waals surface area contributed by atoms with Gasteiger partial charge in [-0.1, -0.05) is 53.5 Å². The minimum Gasteiger partial charge on any atom is -0.486 e. The smallest absolute Gasteiger partial charge is 0.258 e. The van der Waals surface area contributed by atoms with Gasteiger partial charge in [-0.2, -0.15) is 0 Å². The van der Waals surface area contributed by atoms with Gasteiger partial charge >= 0.3 is 0 Å². The Labute approximate surface area is 414 Å². The van der Waals surface area contributed by atoms with Crippen molar-refractivity contribution in [1.29, 1.82) is 0 Å². The summed E-state index contributed by atoms with van der Waals surface area (Å²) in [4.78, 5) is 23.9. The van der Waals surface area contributed by atoms with Crippen LogP contribution in [-0.4, -0.2) is 99.9 Å². The molecule has 8 aromatic rings. The number of fused-ring (bicyclic) bond motifs is 2. The molecule has 364 valence electrons. The van der Waals surface area contributed by atoms with Crippen molar-refractivity contribution in [3.63, 3.8) is 0 Å². The second kappa shape index (κ2) is 18.1. The number of imidazole rings is 2. The van der Waals surface area contributed by atoms with Crippen molar-refractivity contribution in [2.75, 3.05) is 40.6 Å². The zero-order valence-electron chi connectivity index (χ0n) is 40.2. The lowest BCUT2D eigenvalue weighted by molar-refractivity contribution is -0.120. The number of nitrogens with zero attached hydrogens (tertiary/aromatic N) is 10. The highest BCUT2D eigenvalue weighted by Gasteiger charge is 2.42. The molecule has 1 aliphatic heterocycles. The summed E-state index contributed by atoms with van der Waals surface area (Å²) in [6, 6.07) is 14.7. The summed E-state index contributed by atoms with van der Waals surface area (Å²) in [5.74, 6) is 3.16. The summed E-state index contributed by atoms with van der Waals surface area (Å²) >= 11 is 14.2. The fourth-order valence-corrected chi connectivity index (χ4v) is 9.90. The van der Waals surface area contributed by atoms with E-state index < -0.39 is 11.2 Å². The van der Waals surface area contributed by atoms with E-state index in [0.29, 0.717) is 146 Å². The zero-order valence-corrected chi connectivity index (χ0v) is 41.8. The van der Waals surface area contributed by atoms with Crippen molar-refractivity contribution in [2.24, 2.45) is 32.5 Å². The van der Waals surface area contributed by atoms with Crippen LogP contribution in [0.25, 0.3) is 21.8 Å². The molecule has 2 N–H and O–H groups in total. The summed E-state index contributed by atoms with van der Waals surface area (Å²) in [5.41, 5.74) is 1.89. The van der Waals surface area contributed by atoms with Crippen LogP contribution in [0.3, 0.4) is 0 Å². The maximum atomic E-state index is 13.2. The van der Waals surface area contributed by atoms with Crippen molar-refractivity contribution >= 4 is 45.0 Å². The molecule has 0 spiro atoms. The number of aromatic nitrogens is 10. The van der Waals surface area contributed by atoms with E-state index in [4.69, 9.17) is 66.8 Å². The Morgan fingerprint density at radius 1 is 0.743 bits per heavy atom. The second-order valence-electron chi connectivity index (χ2n) is 18.8. The number of rotatable bonds is 17. The van der Waals surface area contributed by atoms with Crippen LogP contribution in [0.4, 0.5) is 0 Å². The summed E-state index contributed by atoms with van der Waals surface area (Å²) in [6.07, 6.45) is 8.10. The van der Waals surface area contributed by atoms with E-state index in [2.05, 4.69) is 22.2 Å². The average molecular weight is 990 g/mol. The standard InChI is InChI=1S/C51H54Cl2N10O7/c1-28-36(50(64,41-23-56-60-63(41)6)31-11-16-37-34(19-31)43(52)45(47(58-37)66-7)69-24-30-9-10-30)15-13-33(57-28)14-18-42-55-22-40(62(42)5)51(65,39-21-54-29(2)61(39)4)32-12-17-38-35(20-32)44(53)46(48(59-38)67-8)70-27-49(3)25-68-26-49/h11-13,15-17,19-23,30,64-65H,9-10,14,18,24-27H2,1-8H3. The molecule has 7 heterocycles. The van der Waals surface area contributed by atoms with E-state index in [-0.39, 0.29) is 11.3 Å². The lowest BCUT2D eigenvalue weighted by Gasteiger charge is -2.37. The van der Waals surface area contributed by atoms with Crippen LogP contribution in [0, 0.1) is 25.2 Å². The fraction of sp³-hybridized carbons (Fsp3) is 0.392. The lowest BCUT2D eigenvalue weighted by Crippen LogP contribution is -2.44. The molecule has 2 unspecified atom stereocenters. The number of benzene rings is 2. The van der Waals surface area contributed by atoms with Crippen molar-refractivity contribution in [1.82, 2.24) is 49.0 Å². The van der Waals surface area contributed by atoms with Crippen molar-refractivity contribution in [2.45, 2.75) is 57.7 Å². The van der Waals surface area contributed by atoms with Crippen LogP contribution in [0.2, 0.25) is 10.0 Å². The number of aryl methyl sites for hydroxylation is 5.